The van der Waals surface area contributed by atoms with Gasteiger partial charge < -0.3 is 9.22 Å². The molecule has 0 aromatic heterocycles. The average molecular weight is 354 g/mol. The highest BCUT2D eigenvalue weighted by atomic mass is 127. The van der Waals surface area contributed by atoms with Crippen molar-refractivity contribution in [1.82, 2.24) is 0 Å². The molecule has 0 aliphatic heterocycles. The highest BCUT2D eigenvalue weighted by Gasteiger charge is 2.31. The fraction of sp³-hybridized carbons (Fsp3) is 0.750. The van der Waals surface area contributed by atoms with Crippen LogP contribution in [0.3, 0.4) is 0 Å². The lowest BCUT2D eigenvalue weighted by Crippen LogP contribution is -2.40. The number of carbonyl (C=O) groups excluding carboxylic acids is 1. The molecule has 0 aliphatic rings. The minimum absolute atomic E-state index is 0.238. The van der Waals surface area contributed by atoms with Gasteiger partial charge in [-0.15, -0.1) is 0 Å². The summed E-state index contributed by atoms with van der Waals surface area (Å²) in [7, 11) is -1.64. The quantitative estimate of drug-likeness (QED) is 0.369. The van der Waals surface area contributed by atoms with Crippen molar-refractivity contribution in [2.45, 2.75) is 58.4 Å². The molecule has 0 unspecified atom stereocenters. The van der Waals surface area contributed by atoms with E-state index in [1.165, 1.54) is 5.57 Å². The van der Waals surface area contributed by atoms with Crippen LogP contribution in [0.4, 0.5) is 0 Å². The maximum Gasteiger partial charge on any atom is 0.193 e. The monoisotopic (exact) mass is 354 g/mol. The third kappa shape index (κ3) is 5.10. The molecule has 2 nitrogen and oxygen atoms in total. The number of hydrogen-bond acceptors (Lipinski definition) is 2. The van der Waals surface area contributed by atoms with Crippen molar-refractivity contribution in [3.63, 3.8) is 0 Å². The third-order valence-electron chi connectivity index (χ3n) is 3.20. The second kappa shape index (κ2) is 8.41. The summed E-state index contributed by atoms with van der Waals surface area (Å²) in [4.78, 5) is 11.0. The van der Waals surface area contributed by atoms with Crippen LogP contribution < -0.4 is 0 Å². The molecular formula is C12H23IO2Si. The molecule has 0 N–H and O–H groups in total. The van der Waals surface area contributed by atoms with E-state index in [0.29, 0.717) is 0 Å². The predicted molar refractivity (Wildman–Crippen MR) is 80.5 cm³/mol. The molecule has 0 bridgehead atoms. The first kappa shape index (κ1) is 16.3. The number of aldehydes is 1. The van der Waals surface area contributed by atoms with Crippen molar-refractivity contribution in [2.24, 2.45) is 0 Å². The molecule has 0 rings (SSSR count). The van der Waals surface area contributed by atoms with Crippen LogP contribution in [0.25, 0.3) is 0 Å². The minimum atomic E-state index is -1.64. The fourth-order valence-electron chi connectivity index (χ4n) is 1.80. The van der Waals surface area contributed by atoms with Crippen LogP contribution >= 0.6 is 22.6 Å². The first-order valence-corrected chi connectivity index (χ1v) is 9.73. The number of carbonyl (C=O) groups is 1. The van der Waals surface area contributed by atoms with Gasteiger partial charge in [0.05, 0.1) is 0 Å². The Morgan fingerprint density at radius 1 is 1.31 bits per heavy atom. The summed E-state index contributed by atoms with van der Waals surface area (Å²) in [6.45, 7) is 8.59. The molecule has 94 valence electrons. The van der Waals surface area contributed by atoms with Gasteiger partial charge in [0, 0.05) is 6.42 Å². The topological polar surface area (TPSA) is 26.3 Å². The van der Waals surface area contributed by atoms with Gasteiger partial charge in [0.25, 0.3) is 0 Å². The number of rotatable bonds is 8. The van der Waals surface area contributed by atoms with Crippen LogP contribution in [0, 0.1) is 0 Å². The molecule has 0 saturated carbocycles. The first-order valence-electron chi connectivity index (χ1n) is 5.96. The zero-order chi connectivity index (χ0) is 12.6. The maximum atomic E-state index is 11.0. The zero-order valence-corrected chi connectivity index (χ0v) is 13.9. The van der Waals surface area contributed by atoms with Crippen molar-refractivity contribution in [3.05, 3.63) is 9.66 Å². The zero-order valence-electron chi connectivity index (χ0n) is 10.8. The Kier molecular flexibility index (Phi) is 8.58. The van der Waals surface area contributed by atoms with Gasteiger partial charge in [-0.2, -0.15) is 0 Å². The second-order valence-corrected chi connectivity index (χ2v) is 9.54. The SMILES string of the molecule is CC[Si](CC)(CC)O[C@@H](C=O)C/C(C)=C/I. The molecule has 0 saturated heterocycles. The summed E-state index contributed by atoms with van der Waals surface area (Å²) < 4.78 is 8.15. The summed E-state index contributed by atoms with van der Waals surface area (Å²) in [5, 5.41) is 0. The Labute approximate surface area is 114 Å². The highest BCUT2D eigenvalue weighted by molar-refractivity contribution is 14.1. The van der Waals surface area contributed by atoms with Crippen molar-refractivity contribution in [2.75, 3.05) is 0 Å². The summed E-state index contributed by atoms with van der Waals surface area (Å²) in [6, 6.07) is 3.28. The van der Waals surface area contributed by atoms with Crippen molar-refractivity contribution < 1.29 is 9.22 Å². The Morgan fingerprint density at radius 3 is 2.12 bits per heavy atom. The van der Waals surface area contributed by atoms with Gasteiger partial charge in [-0.3, -0.25) is 0 Å². The number of hydrogen-bond donors (Lipinski definition) is 0. The van der Waals surface area contributed by atoms with Gasteiger partial charge in [-0.25, -0.2) is 0 Å². The lowest BCUT2D eigenvalue weighted by molar-refractivity contribution is -0.114. The molecule has 0 amide bonds. The van der Waals surface area contributed by atoms with E-state index in [-0.39, 0.29) is 6.10 Å². The van der Waals surface area contributed by atoms with E-state index in [0.717, 1.165) is 30.8 Å². The fourth-order valence-corrected chi connectivity index (χ4v) is 4.84. The van der Waals surface area contributed by atoms with Crippen LogP contribution in [-0.4, -0.2) is 20.7 Å². The van der Waals surface area contributed by atoms with E-state index >= 15 is 0 Å². The molecule has 0 aromatic rings. The Hall–Kier alpha value is 0.317. The molecule has 4 heteroatoms. The predicted octanol–water partition coefficient (Wildman–Crippen LogP) is 4.30. The van der Waals surface area contributed by atoms with E-state index in [9.17, 15) is 4.79 Å². The number of halogens is 1. The summed E-state index contributed by atoms with van der Waals surface area (Å²) in [6.07, 6.45) is 1.46. The lowest BCUT2D eigenvalue weighted by Gasteiger charge is -2.31. The van der Waals surface area contributed by atoms with Crippen molar-refractivity contribution in [3.8, 4) is 0 Å². The molecule has 16 heavy (non-hydrogen) atoms. The van der Waals surface area contributed by atoms with E-state index in [4.69, 9.17) is 4.43 Å². The van der Waals surface area contributed by atoms with Crippen LogP contribution in [0.15, 0.2) is 9.66 Å². The standard InChI is InChI=1S/C12H23IO2Si/c1-5-16(6-2,7-3)15-12(10-14)8-11(4)9-13/h9-10,12H,5-8H2,1-4H3/b11-9+/t12-/m1/s1. The van der Waals surface area contributed by atoms with E-state index < -0.39 is 8.32 Å². The van der Waals surface area contributed by atoms with E-state index in [1.807, 2.05) is 11.0 Å². The summed E-state index contributed by atoms with van der Waals surface area (Å²) in [5.41, 5.74) is 1.21. The van der Waals surface area contributed by atoms with Crippen LogP contribution in [-0.2, 0) is 9.22 Å². The molecule has 0 radical (unpaired) electrons. The molecule has 1 atom stereocenters. The Morgan fingerprint density at radius 2 is 1.81 bits per heavy atom. The Balaban J connectivity index is 4.55. The largest absolute Gasteiger partial charge is 0.407 e. The average Bonchev–Trinajstić information content (AvgIpc) is 2.34. The Bertz CT molecular complexity index is 229. The van der Waals surface area contributed by atoms with Gasteiger partial charge >= 0.3 is 0 Å². The first-order chi connectivity index (χ1) is 7.57. The smallest absolute Gasteiger partial charge is 0.193 e. The highest BCUT2D eigenvalue weighted by Crippen LogP contribution is 2.24. The molecular weight excluding hydrogens is 331 g/mol. The van der Waals surface area contributed by atoms with Crippen LogP contribution in [0.5, 0.6) is 0 Å². The van der Waals surface area contributed by atoms with Crippen LogP contribution in [0.1, 0.15) is 34.1 Å². The van der Waals surface area contributed by atoms with Gasteiger partial charge in [0.1, 0.15) is 12.4 Å². The molecule has 0 heterocycles. The second-order valence-electron chi connectivity index (χ2n) is 4.20. The van der Waals surface area contributed by atoms with Crippen molar-refractivity contribution >= 4 is 37.2 Å². The molecule has 0 aliphatic carbocycles. The molecule has 0 fully saturated rings. The molecule has 0 spiro atoms. The summed E-state index contributed by atoms with van der Waals surface area (Å²) in [5.74, 6) is 0. The normalized spacial score (nSPS) is 14.9. The van der Waals surface area contributed by atoms with Crippen molar-refractivity contribution in [1.29, 1.82) is 0 Å². The van der Waals surface area contributed by atoms with Crippen LogP contribution in [0.2, 0.25) is 18.1 Å². The lowest BCUT2D eigenvalue weighted by atomic mass is 10.2. The van der Waals surface area contributed by atoms with Gasteiger partial charge in [-0.1, -0.05) is 48.9 Å². The summed E-state index contributed by atoms with van der Waals surface area (Å²) >= 11 is 2.21. The van der Waals surface area contributed by atoms with Gasteiger partial charge in [-0.05, 0) is 29.1 Å². The molecule has 0 aromatic carbocycles. The van der Waals surface area contributed by atoms with E-state index in [2.05, 4.69) is 43.4 Å². The van der Waals surface area contributed by atoms with E-state index in [1.54, 1.807) is 0 Å². The van der Waals surface area contributed by atoms with Gasteiger partial charge in [0.15, 0.2) is 8.32 Å². The third-order valence-corrected chi connectivity index (χ3v) is 8.93. The van der Waals surface area contributed by atoms with Gasteiger partial charge in [0.2, 0.25) is 0 Å². The minimum Gasteiger partial charge on any atom is -0.407 e. The maximum absolute atomic E-state index is 11.0.